The van der Waals surface area contributed by atoms with Crippen LogP contribution in [0.4, 0.5) is 0 Å². The van der Waals surface area contributed by atoms with Crippen LogP contribution >= 0.6 is 0 Å². The van der Waals surface area contributed by atoms with Crippen molar-refractivity contribution in [2.75, 3.05) is 26.7 Å². The van der Waals surface area contributed by atoms with Gasteiger partial charge in [-0.1, -0.05) is 0 Å². The number of unbranched alkanes of at least 4 members (excludes halogenated alkanes) is 1. The molecule has 1 unspecified atom stereocenters. The average Bonchev–Trinajstić information content (AvgIpc) is 2.03. The number of likely N-dealkylation sites (N-methyl/N-ethyl adjacent to an activating group) is 1. The third-order valence-corrected chi connectivity index (χ3v) is 1.98. The van der Waals surface area contributed by atoms with Gasteiger partial charge in [-0.05, 0) is 39.9 Å². The van der Waals surface area contributed by atoms with Gasteiger partial charge in [-0.25, -0.2) is 0 Å². The van der Waals surface area contributed by atoms with E-state index in [0.29, 0.717) is 0 Å². The van der Waals surface area contributed by atoms with Crippen LogP contribution in [0, 0.1) is 0 Å². The van der Waals surface area contributed by atoms with Crippen molar-refractivity contribution in [2.45, 2.75) is 25.8 Å². The van der Waals surface area contributed by atoms with E-state index in [1.54, 1.807) is 0 Å². The van der Waals surface area contributed by atoms with E-state index in [1.165, 1.54) is 0 Å². The molecule has 0 saturated heterocycles. The monoisotopic (exact) mass is 160 g/mol. The van der Waals surface area contributed by atoms with Gasteiger partial charge >= 0.3 is 0 Å². The first kappa shape index (κ1) is 10.9. The van der Waals surface area contributed by atoms with Crippen LogP contribution in [0.2, 0.25) is 0 Å². The lowest BCUT2D eigenvalue weighted by Gasteiger charge is -2.22. The second kappa shape index (κ2) is 6.58. The first-order valence-corrected chi connectivity index (χ1v) is 4.23. The Balaban J connectivity index is 3.28. The van der Waals surface area contributed by atoms with Crippen LogP contribution in [-0.2, 0) is 0 Å². The van der Waals surface area contributed by atoms with Crippen LogP contribution in [-0.4, -0.2) is 42.8 Å². The number of aliphatic hydroxyl groups is 1. The summed E-state index contributed by atoms with van der Waals surface area (Å²) in [6.07, 6.45) is 2.19. The number of hydrogen-bond donors (Lipinski definition) is 2. The molecule has 3 N–H and O–H groups in total. The van der Waals surface area contributed by atoms with Crippen molar-refractivity contribution in [2.24, 2.45) is 5.73 Å². The summed E-state index contributed by atoms with van der Waals surface area (Å²) in [5.41, 5.74) is 5.36. The molecule has 0 aromatic rings. The number of nitrogens with two attached hydrogens (primary N) is 1. The quantitative estimate of drug-likeness (QED) is 0.539. The summed E-state index contributed by atoms with van der Waals surface area (Å²) in [5.74, 6) is 0. The lowest BCUT2D eigenvalue weighted by Crippen LogP contribution is -2.32. The van der Waals surface area contributed by atoms with Crippen molar-refractivity contribution in [3.05, 3.63) is 0 Å². The van der Waals surface area contributed by atoms with Gasteiger partial charge in [0.25, 0.3) is 0 Å². The smallest absolute Gasteiger partial charge is 0.0584 e. The van der Waals surface area contributed by atoms with E-state index in [2.05, 4.69) is 4.90 Å². The summed E-state index contributed by atoms with van der Waals surface area (Å²) in [6.45, 7) is 4.04. The van der Waals surface area contributed by atoms with Gasteiger partial charge in [-0.2, -0.15) is 0 Å². The molecule has 0 radical (unpaired) electrons. The minimum atomic E-state index is 0.235. The number of rotatable bonds is 6. The molecule has 0 spiro atoms. The van der Waals surface area contributed by atoms with E-state index in [4.69, 9.17) is 10.8 Å². The SMILES string of the molecule is CC(CO)N(C)CCCCN. The third kappa shape index (κ3) is 5.18. The Bertz CT molecular complexity index is 88.2. The summed E-state index contributed by atoms with van der Waals surface area (Å²) in [5, 5.41) is 8.80. The highest BCUT2D eigenvalue weighted by Crippen LogP contribution is 1.96. The van der Waals surface area contributed by atoms with Gasteiger partial charge in [0, 0.05) is 6.04 Å². The molecule has 3 heteroatoms. The van der Waals surface area contributed by atoms with Gasteiger partial charge in [-0.15, -0.1) is 0 Å². The predicted molar refractivity (Wildman–Crippen MR) is 47.5 cm³/mol. The predicted octanol–water partition coefficient (Wildman–Crippen LogP) is 0.0379. The summed E-state index contributed by atoms with van der Waals surface area (Å²) >= 11 is 0. The van der Waals surface area contributed by atoms with Gasteiger partial charge in [0.15, 0.2) is 0 Å². The van der Waals surface area contributed by atoms with Crippen molar-refractivity contribution in [3.63, 3.8) is 0 Å². The maximum atomic E-state index is 8.80. The molecule has 68 valence electrons. The van der Waals surface area contributed by atoms with E-state index in [-0.39, 0.29) is 12.6 Å². The summed E-state index contributed by atoms with van der Waals surface area (Å²) in [7, 11) is 2.03. The molecular formula is C8H20N2O. The summed E-state index contributed by atoms with van der Waals surface area (Å²) in [6, 6.07) is 0.271. The molecular weight excluding hydrogens is 140 g/mol. The van der Waals surface area contributed by atoms with Gasteiger partial charge < -0.3 is 15.7 Å². The molecule has 0 bridgehead atoms. The zero-order valence-electron chi connectivity index (χ0n) is 7.58. The van der Waals surface area contributed by atoms with Crippen molar-refractivity contribution in [3.8, 4) is 0 Å². The van der Waals surface area contributed by atoms with Crippen LogP contribution in [0.3, 0.4) is 0 Å². The van der Waals surface area contributed by atoms with Crippen LogP contribution in [0.25, 0.3) is 0 Å². The maximum absolute atomic E-state index is 8.80. The Kier molecular flexibility index (Phi) is 6.51. The fraction of sp³-hybridized carbons (Fsp3) is 1.00. The van der Waals surface area contributed by atoms with E-state index >= 15 is 0 Å². The lowest BCUT2D eigenvalue weighted by molar-refractivity contribution is 0.157. The van der Waals surface area contributed by atoms with Gasteiger partial charge in [0.1, 0.15) is 0 Å². The normalized spacial score (nSPS) is 13.9. The zero-order chi connectivity index (χ0) is 8.69. The Labute approximate surface area is 69.2 Å². The van der Waals surface area contributed by atoms with Crippen molar-refractivity contribution < 1.29 is 5.11 Å². The number of hydrogen-bond acceptors (Lipinski definition) is 3. The average molecular weight is 160 g/mol. The molecule has 3 nitrogen and oxygen atoms in total. The minimum Gasteiger partial charge on any atom is -0.395 e. The number of aliphatic hydroxyl groups excluding tert-OH is 1. The zero-order valence-corrected chi connectivity index (χ0v) is 7.58. The Hall–Kier alpha value is -0.120. The molecule has 0 aromatic carbocycles. The lowest BCUT2D eigenvalue weighted by atomic mass is 10.2. The first-order chi connectivity index (χ1) is 5.22. The third-order valence-electron chi connectivity index (χ3n) is 1.98. The molecule has 0 rings (SSSR count). The van der Waals surface area contributed by atoms with Gasteiger partial charge in [0.2, 0.25) is 0 Å². The molecule has 0 saturated carbocycles. The molecule has 0 amide bonds. The van der Waals surface area contributed by atoms with Crippen LogP contribution < -0.4 is 5.73 Å². The standard InChI is InChI=1S/C8H20N2O/c1-8(7-11)10(2)6-4-3-5-9/h8,11H,3-7,9H2,1-2H3. The largest absolute Gasteiger partial charge is 0.395 e. The fourth-order valence-electron chi connectivity index (χ4n) is 0.865. The molecule has 0 aliphatic heterocycles. The van der Waals surface area contributed by atoms with Crippen molar-refractivity contribution in [1.82, 2.24) is 4.90 Å². The van der Waals surface area contributed by atoms with E-state index in [1.807, 2.05) is 14.0 Å². The molecule has 11 heavy (non-hydrogen) atoms. The Morgan fingerprint density at radius 1 is 1.45 bits per heavy atom. The summed E-state index contributed by atoms with van der Waals surface area (Å²) in [4.78, 5) is 2.15. The van der Waals surface area contributed by atoms with E-state index in [0.717, 1.165) is 25.9 Å². The van der Waals surface area contributed by atoms with Crippen molar-refractivity contribution >= 4 is 0 Å². The molecule has 0 aromatic heterocycles. The molecule has 0 aliphatic carbocycles. The Morgan fingerprint density at radius 2 is 2.09 bits per heavy atom. The number of nitrogens with zero attached hydrogens (tertiary/aromatic N) is 1. The molecule has 0 heterocycles. The highest BCUT2D eigenvalue weighted by Gasteiger charge is 2.05. The van der Waals surface area contributed by atoms with Gasteiger partial charge in [-0.3, -0.25) is 0 Å². The van der Waals surface area contributed by atoms with Crippen LogP contribution in [0.5, 0.6) is 0 Å². The fourth-order valence-corrected chi connectivity index (χ4v) is 0.865. The maximum Gasteiger partial charge on any atom is 0.0584 e. The van der Waals surface area contributed by atoms with Crippen molar-refractivity contribution in [1.29, 1.82) is 0 Å². The van der Waals surface area contributed by atoms with E-state index in [9.17, 15) is 0 Å². The molecule has 0 aliphatic rings. The molecule has 1 atom stereocenters. The van der Waals surface area contributed by atoms with Gasteiger partial charge in [0.05, 0.1) is 6.61 Å². The first-order valence-electron chi connectivity index (χ1n) is 4.23. The second-order valence-electron chi connectivity index (χ2n) is 3.01. The molecule has 0 fully saturated rings. The van der Waals surface area contributed by atoms with Crippen LogP contribution in [0.15, 0.2) is 0 Å². The highest BCUT2D eigenvalue weighted by molar-refractivity contribution is 4.60. The highest BCUT2D eigenvalue weighted by atomic mass is 16.3. The van der Waals surface area contributed by atoms with Crippen LogP contribution in [0.1, 0.15) is 19.8 Å². The topological polar surface area (TPSA) is 49.5 Å². The Morgan fingerprint density at radius 3 is 2.55 bits per heavy atom. The second-order valence-corrected chi connectivity index (χ2v) is 3.01. The van der Waals surface area contributed by atoms with E-state index < -0.39 is 0 Å². The minimum absolute atomic E-state index is 0.235. The summed E-state index contributed by atoms with van der Waals surface area (Å²) < 4.78 is 0.